The van der Waals surface area contributed by atoms with Crippen molar-refractivity contribution in [2.75, 3.05) is 19.7 Å². The van der Waals surface area contributed by atoms with E-state index in [0.717, 1.165) is 32.4 Å². The molecular weight excluding hydrogens is 240 g/mol. The number of halogens is 1. The third kappa shape index (κ3) is 4.82. The summed E-state index contributed by atoms with van der Waals surface area (Å²) in [6.07, 6.45) is 2.68. The summed E-state index contributed by atoms with van der Waals surface area (Å²) in [6, 6.07) is 0. The second kappa shape index (κ2) is 7.19. The Kier molecular flexibility index (Phi) is 7.05. The van der Waals surface area contributed by atoms with Gasteiger partial charge in [-0.05, 0) is 26.7 Å². The molecule has 0 radical (unpaired) electrons. The van der Waals surface area contributed by atoms with Gasteiger partial charge in [0.25, 0.3) is 0 Å². The van der Waals surface area contributed by atoms with E-state index in [9.17, 15) is 4.79 Å². The quantitative estimate of drug-likeness (QED) is 0.842. The Morgan fingerprint density at radius 1 is 1.59 bits per heavy atom. The zero-order chi connectivity index (χ0) is 12.2. The van der Waals surface area contributed by atoms with E-state index < -0.39 is 5.54 Å². The fraction of sp³-hybridized carbons (Fsp3) is 0.917. The Labute approximate surface area is 110 Å². The fourth-order valence-corrected chi connectivity index (χ4v) is 2.17. The van der Waals surface area contributed by atoms with Crippen LogP contribution in [0.2, 0.25) is 0 Å². The zero-order valence-electron chi connectivity index (χ0n) is 11.1. The third-order valence-corrected chi connectivity index (χ3v) is 3.00. The van der Waals surface area contributed by atoms with Crippen molar-refractivity contribution in [3.8, 4) is 0 Å². The van der Waals surface area contributed by atoms with E-state index in [2.05, 4.69) is 0 Å². The van der Waals surface area contributed by atoms with Crippen LogP contribution < -0.4 is 5.73 Å². The molecule has 1 saturated heterocycles. The molecule has 0 aromatic carbocycles. The van der Waals surface area contributed by atoms with Crippen molar-refractivity contribution in [1.29, 1.82) is 0 Å². The van der Waals surface area contributed by atoms with Gasteiger partial charge in [0.1, 0.15) is 0 Å². The highest BCUT2D eigenvalue weighted by Crippen LogP contribution is 2.15. The molecule has 2 atom stereocenters. The van der Waals surface area contributed by atoms with Gasteiger partial charge in [-0.2, -0.15) is 0 Å². The Balaban J connectivity index is 0.00000256. The summed E-state index contributed by atoms with van der Waals surface area (Å²) in [5, 5.41) is 0. The average molecular weight is 265 g/mol. The fourth-order valence-electron chi connectivity index (χ4n) is 2.17. The van der Waals surface area contributed by atoms with Gasteiger partial charge < -0.3 is 15.4 Å². The maximum absolute atomic E-state index is 12.3. The molecule has 0 spiro atoms. The Morgan fingerprint density at radius 2 is 2.24 bits per heavy atom. The van der Waals surface area contributed by atoms with E-state index in [-0.39, 0.29) is 24.4 Å². The molecule has 1 rings (SSSR count). The van der Waals surface area contributed by atoms with Crippen molar-refractivity contribution in [3.63, 3.8) is 0 Å². The van der Waals surface area contributed by atoms with Crippen LogP contribution in [0.15, 0.2) is 0 Å². The minimum Gasteiger partial charge on any atom is -0.377 e. The van der Waals surface area contributed by atoms with Crippen LogP contribution in [-0.2, 0) is 9.53 Å². The van der Waals surface area contributed by atoms with Crippen LogP contribution in [-0.4, -0.2) is 42.1 Å². The van der Waals surface area contributed by atoms with E-state index in [1.54, 1.807) is 0 Å². The highest BCUT2D eigenvalue weighted by molar-refractivity contribution is 5.86. The molecule has 4 nitrogen and oxygen atoms in total. The lowest BCUT2D eigenvalue weighted by Crippen LogP contribution is -2.54. The molecule has 5 heteroatoms. The summed E-state index contributed by atoms with van der Waals surface area (Å²) in [5.74, 6) is 0.0618. The number of nitrogens with zero attached hydrogens (tertiary/aromatic N) is 1. The molecule has 1 heterocycles. The molecule has 0 saturated carbocycles. The van der Waals surface area contributed by atoms with Crippen LogP contribution in [0.3, 0.4) is 0 Å². The summed E-state index contributed by atoms with van der Waals surface area (Å²) < 4.78 is 5.52. The van der Waals surface area contributed by atoms with Crippen molar-refractivity contribution >= 4 is 18.3 Å². The van der Waals surface area contributed by atoms with Gasteiger partial charge >= 0.3 is 0 Å². The number of hydrogen-bond acceptors (Lipinski definition) is 3. The second-order valence-corrected chi connectivity index (χ2v) is 4.95. The van der Waals surface area contributed by atoms with E-state index in [4.69, 9.17) is 10.5 Å². The summed E-state index contributed by atoms with van der Waals surface area (Å²) in [6.45, 7) is 8.04. The number of amides is 1. The first-order chi connectivity index (χ1) is 7.47. The smallest absolute Gasteiger partial charge is 0.242 e. The van der Waals surface area contributed by atoms with Gasteiger partial charge in [-0.3, -0.25) is 4.79 Å². The monoisotopic (exact) mass is 264 g/mol. The summed E-state index contributed by atoms with van der Waals surface area (Å²) in [5.41, 5.74) is 5.34. The standard InChI is InChI=1S/C12H24N2O2.ClH/c1-4-6-12(3,13)11(15)14-7-5-8-16-10(2)9-14;/h10H,4-9,13H2,1-3H3;1H. The summed E-state index contributed by atoms with van der Waals surface area (Å²) in [7, 11) is 0. The first-order valence-corrected chi connectivity index (χ1v) is 6.17. The van der Waals surface area contributed by atoms with Crippen LogP contribution in [0, 0.1) is 0 Å². The second-order valence-electron chi connectivity index (χ2n) is 4.95. The molecule has 1 aliphatic rings. The van der Waals surface area contributed by atoms with E-state index in [1.165, 1.54) is 0 Å². The Bertz CT molecular complexity index is 247. The number of hydrogen-bond donors (Lipinski definition) is 1. The normalized spacial score (nSPS) is 24.5. The third-order valence-electron chi connectivity index (χ3n) is 3.00. The minimum atomic E-state index is -0.723. The summed E-state index contributed by atoms with van der Waals surface area (Å²) >= 11 is 0. The van der Waals surface area contributed by atoms with Crippen molar-refractivity contribution in [2.45, 2.75) is 51.7 Å². The highest BCUT2D eigenvalue weighted by Gasteiger charge is 2.32. The predicted octanol–water partition coefficient (Wildman–Crippen LogP) is 1.56. The molecule has 2 unspecified atom stereocenters. The predicted molar refractivity (Wildman–Crippen MR) is 71.4 cm³/mol. The Morgan fingerprint density at radius 3 is 2.82 bits per heavy atom. The zero-order valence-corrected chi connectivity index (χ0v) is 11.9. The molecule has 1 fully saturated rings. The minimum absolute atomic E-state index is 0. The molecule has 0 aromatic rings. The molecular formula is C12H25ClN2O2. The van der Waals surface area contributed by atoms with Crippen molar-refractivity contribution < 1.29 is 9.53 Å². The van der Waals surface area contributed by atoms with Gasteiger partial charge in [0, 0.05) is 19.7 Å². The van der Waals surface area contributed by atoms with Gasteiger partial charge in [-0.25, -0.2) is 0 Å². The number of carbonyl (C=O) groups excluding carboxylic acids is 1. The van der Waals surface area contributed by atoms with Crippen LogP contribution in [0.5, 0.6) is 0 Å². The van der Waals surface area contributed by atoms with E-state index in [0.29, 0.717) is 6.54 Å². The van der Waals surface area contributed by atoms with E-state index in [1.807, 2.05) is 25.7 Å². The topological polar surface area (TPSA) is 55.6 Å². The van der Waals surface area contributed by atoms with Crippen LogP contribution >= 0.6 is 12.4 Å². The largest absolute Gasteiger partial charge is 0.377 e. The van der Waals surface area contributed by atoms with Crippen molar-refractivity contribution in [3.05, 3.63) is 0 Å². The number of carbonyl (C=O) groups is 1. The molecule has 0 aliphatic carbocycles. The molecule has 17 heavy (non-hydrogen) atoms. The van der Waals surface area contributed by atoms with Crippen LogP contribution in [0.25, 0.3) is 0 Å². The molecule has 2 N–H and O–H groups in total. The lowest BCUT2D eigenvalue weighted by molar-refractivity contribution is -0.137. The first kappa shape index (κ1) is 16.7. The molecule has 0 bridgehead atoms. The lowest BCUT2D eigenvalue weighted by Gasteiger charge is -2.31. The molecule has 0 aromatic heterocycles. The van der Waals surface area contributed by atoms with Gasteiger partial charge in [0.2, 0.25) is 5.91 Å². The molecule has 1 aliphatic heterocycles. The van der Waals surface area contributed by atoms with Crippen LogP contribution in [0.4, 0.5) is 0 Å². The van der Waals surface area contributed by atoms with Crippen molar-refractivity contribution in [2.24, 2.45) is 5.73 Å². The number of ether oxygens (including phenoxy) is 1. The van der Waals surface area contributed by atoms with Gasteiger partial charge in [0.15, 0.2) is 0 Å². The Hall–Kier alpha value is -0.320. The number of rotatable bonds is 3. The van der Waals surface area contributed by atoms with Gasteiger partial charge in [-0.1, -0.05) is 13.3 Å². The SMILES string of the molecule is CCCC(C)(N)C(=O)N1CCCOC(C)C1.Cl. The maximum Gasteiger partial charge on any atom is 0.242 e. The first-order valence-electron chi connectivity index (χ1n) is 6.17. The lowest BCUT2D eigenvalue weighted by atomic mass is 9.95. The van der Waals surface area contributed by atoms with Crippen LogP contribution in [0.1, 0.15) is 40.0 Å². The van der Waals surface area contributed by atoms with E-state index >= 15 is 0 Å². The van der Waals surface area contributed by atoms with Crippen molar-refractivity contribution in [1.82, 2.24) is 4.90 Å². The van der Waals surface area contributed by atoms with Gasteiger partial charge in [0.05, 0.1) is 11.6 Å². The summed E-state index contributed by atoms with van der Waals surface area (Å²) in [4.78, 5) is 14.1. The average Bonchev–Trinajstić information content (AvgIpc) is 2.41. The highest BCUT2D eigenvalue weighted by atomic mass is 35.5. The molecule has 1 amide bonds. The number of nitrogens with two attached hydrogens (primary N) is 1. The maximum atomic E-state index is 12.3. The molecule has 102 valence electrons. The van der Waals surface area contributed by atoms with Gasteiger partial charge in [-0.15, -0.1) is 12.4 Å².